The minimum absolute atomic E-state index is 0.349. The molecule has 2 saturated heterocycles. The zero-order valence-corrected chi connectivity index (χ0v) is 21.8. The molecule has 11 heteroatoms. The summed E-state index contributed by atoms with van der Waals surface area (Å²) in [6.45, 7) is 10.0. The zero-order valence-electron chi connectivity index (χ0n) is 20.9. The SMILES string of the molecule is CCc1cc(N2CCC(N)CC2)cc2[s+]c3cc(N4CCOCC4)cc(C)c3nc12.O=C([O-])C(F)(F)F. The number of aromatic nitrogens is 1. The van der Waals surface area contributed by atoms with Crippen LogP contribution in [0.3, 0.4) is 0 Å². The molecule has 7 nitrogen and oxygen atoms in total. The van der Waals surface area contributed by atoms with Gasteiger partial charge in [-0.15, -0.1) is 0 Å². The van der Waals surface area contributed by atoms with E-state index >= 15 is 0 Å². The second-order valence-electron chi connectivity index (χ2n) is 9.34. The van der Waals surface area contributed by atoms with Crippen molar-refractivity contribution in [1.29, 1.82) is 0 Å². The molecule has 0 spiro atoms. The molecule has 37 heavy (non-hydrogen) atoms. The van der Waals surface area contributed by atoms with E-state index in [0.717, 1.165) is 69.7 Å². The lowest BCUT2D eigenvalue weighted by atomic mass is 10.0. The predicted octanol–water partition coefficient (Wildman–Crippen LogP) is 3.66. The van der Waals surface area contributed by atoms with Crippen molar-refractivity contribution in [3.05, 3.63) is 35.4 Å². The quantitative estimate of drug-likeness (QED) is 0.403. The number of benzene rings is 2. The maximum absolute atomic E-state index is 10.5. The molecule has 2 N–H and O–H groups in total. The number of carbonyl (C=O) groups excluding carboxylic acids is 1. The molecule has 0 radical (unpaired) electrons. The number of fused-ring (bicyclic) bond motifs is 2. The topological polar surface area (TPSA) is 94.8 Å². The molecule has 3 aromatic rings. The fourth-order valence-electron chi connectivity index (χ4n) is 4.65. The van der Waals surface area contributed by atoms with Crippen molar-refractivity contribution in [2.45, 2.75) is 45.3 Å². The summed E-state index contributed by atoms with van der Waals surface area (Å²) >= 11 is 1.88. The Balaban J connectivity index is 0.000000405. The fraction of sp³-hybridized carbons (Fsp3) is 0.500. The van der Waals surface area contributed by atoms with Gasteiger partial charge in [0, 0.05) is 55.7 Å². The molecule has 2 aliphatic rings. The minimum atomic E-state index is -5.19. The van der Waals surface area contributed by atoms with Crippen molar-refractivity contribution in [3.63, 3.8) is 0 Å². The second kappa shape index (κ2) is 11.3. The number of morpholine rings is 1. The molecule has 0 unspecified atom stereocenters. The molecule has 2 aliphatic heterocycles. The Labute approximate surface area is 217 Å². The van der Waals surface area contributed by atoms with Crippen LogP contribution in [-0.4, -0.2) is 62.6 Å². The van der Waals surface area contributed by atoms with Gasteiger partial charge < -0.3 is 30.2 Å². The lowest BCUT2D eigenvalue weighted by Gasteiger charge is -2.32. The maximum Gasteiger partial charge on any atom is 0.430 e. The van der Waals surface area contributed by atoms with Gasteiger partial charge in [-0.1, -0.05) is 6.92 Å². The van der Waals surface area contributed by atoms with Gasteiger partial charge in [-0.25, -0.2) is 4.98 Å². The third-order valence-corrected chi connectivity index (χ3v) is 7.79. The lowest BCUT2D eigenvalue weighted by Crippen LogP contribution is -2.39. The third kappa shape index (κ3) is 6.39. The lowest BCUT2D eigenvalue weighted by molar-refractivity contribution is -0.344. The van der Waals surface area contributed by atoms with Gasteiger partial charge in [-0.2, -0.15) is 13.2 Å². The van der Waals surface area contributed by atoms with Gasteiger partial charge in [0.1, 0.15) is 17.0 Å². The number of alkyl halides is 3. The van der Waals surface area contributed by atoms with E-state index in [4.69, 9.17) is 25.4 Å². The average molecular weight is 537 g/mol. The monoisotopic (exact) mass is 536 g/mol. The molecular weight excluding hydrogens is 505 g/mol. The van der Waals surface area contributed by atoms with Crippen LogP contribution in [0.25, 0.3) is 20.4 Å². The van der Waals surface area contributed by atoms with Gasteiger partial charge in [0.05, 0.1) is 13.2 Å². The van der Waals surface area contributed by atoms with Crippen LogP contribution in [0.4, 0.5) is 24.5 Å². The highest BCUT2D eigenvalue weighted by Crippen LogP contribution is 2.36. The summed E-state index contributed by atoms with van der Waals surface area (Å²) < 4.78 is 39.6. The Morgan fingerprint density at radius 1 is 1.05 bits per heavy atom. The molecule has 5 rings (SSSR count). The number of anilines is 2. The number of ether oxygens (including phenoxy) is 1. The zero-order chi connectivity index (χ0) is 26.7. The summed E-state index contributed by atoms with van der Waals surface area (Å²) in [5, 5.41) is 8.78. The van der Waals surface area contributed by atoms with E-state index in [0.29, 0.717) is 6.04 Å². The first-order valence-electron chi connectivity index (χ1n) is 12.4. The average Bonchev–Trinajstić information content (AvgIpc) is 2.87. The molecule has 0 atom stereocenters. The number of carboxylic acid groups (broad SMARTS) is 1. The van der Waals surface area contributed by atoms with Crippen LogP contribution in [0, 0.1) is 6.92 Å². The number of piperidine rings is 1. The predicted molar refractivity (Wildman–Crippen MR) is 139 cm³/mol. The maximum atomic E-state index is 10.5. The van der Waals surface area contributed by atoms with Crippen LogP contribution >= 0.6 is 11.3 Å². The standard InChI is InChI=1S/C24H31N4OS.C2HF3O2/c1-3-17-13-20(27-6-4-18(25)5-7-27)15-22-24(17)26-23-16(2)12-19(14-21(23)30-22)28-8-10-29-11-9-28;3-2(4,5)1(6)7/h12-15,18H,3-11,25H2,1-2H3;(H,6,7)/q+1;/p-1. The number of nitrogens with two attached hydrogens (primary N) is 1. The minimum Gasteiger partial charge on any atom is -0.542 e. The van der Waals surface area contributed by atoms with Gasteiger partial charge in [-0.3, -0.25) is 0 Å². The van der Waals surface area contributed by atoms with E-state index in [1.165, 1.54) is 31.9 Å². The first kappa shape index (κ1) is 27.3. The molecule has 3 heterocycles. The number of rotatable bonds is 3. The Kier molecular flexibility index (Phi) is 8.35. The molecule has 2 aromatic carbocycles. The van der Waals surface area contributed by atoms with Gasteiger partial charge in [0.2, 0.25) is 11.3 Å². The van der Waals surface area contributed by atoms with Crippen molar-refractivity contribution in [2.24, 2.45) is 5.73 Å². The Morgan fingerprint density at radius 2 is 1.59 bits per heavy atom. The summed E-state index contributed by atoms with van der Waals surface area (Å²) in [5.41, 5.74) is 13.6. The Hall–Kier alpha value is -2.76. The smallest absolute Gasteiger partial charge is 0.430 e. The highest BCUT2D eigenvalue weighted by molar-refractivity contribution is 7.24. The molecule has 2 fully saturated rings. The van der Waals surface area contributed by atoms with E-state index in [-0.39, 0.29) is 0 Å². The summed E-state index contributed by atoms with van der Waals surface area (Å²) in [6.07, 6.45) is -2.06. The summed E-state index contributed by atoms with van der Waals surface area (Å²) in [7, 11) is 0. The largest absolute Gasteiger partial charge is 0.542 e. The fourth-order valence-corrected chi connectivity index (χ4v) is 5.82. The van der Waals surface area contributed by atoms with Gasteiger partial charge in [-0.05, 0) is 49.4 Å². The first-order valence-corrected chi connectivity index (χ1v) is 13.2. The normalized spacial score (nSPS) is 17.1. The van der Waals surface area contributed by atoms with Crippen LogP contribution in [0.2, 0.25) is 0 Å². The van der Waals surface area contributed by atoms with Crippen molar-refractivity contribution >= 4 is 49.1 Å². The highest BCUT2D eigenvalue weighted by atomic mass is 32.1. The molecule has 200 valence electrons. The van der Waals surface area contributed by atoms with Crippen LogP contribution in [0.1, 0.15) is 30.9 Å². The number of aryl methyl sites for hydroxylation is 2. The molecule has 1 aromatic heterocycles. The molecule has 0 aliphatic carbocycles. The second-order valence-corrected chi connectivity index (χ2v) is 10.4. The Bertz CT molecular complexity index is 1270. The number of hydrogen-bond donors (Lipinski definition) is 1. The summed E-state index contributed by atoms with van der Waals surface area (Å²) in [6, 6.07) is 9.66. The number of halogens is 3. The van der Waals surface area contributed by atoms with E-state index in [2.05, 4.69) is 47.9 Å². The highest BCUT2D eigenvalue weighted by Gasteiger charge is 2.29. The number of hydrogen-bond acceptors (Lipinski definition) is 7. The molecular formula is C26H31F3N4O3S. The third-order valence-electron chi connectivity index (χ3n) is 6.73. The van der Waals surface area contributed by atoms with Crippen LogP contribution in [0.15, 0.2) is 24.3 Å². The van der Waals surface area contributed by atoms with Crippen LogP contribution < -0.4 is 20.6 Å². The van der Waals surface area contributed by atoms with Gasteiger partial charge >= 0.3 is 6.18 Å². The Morgan fingerprint density at radius 3 is 2.16 bits per heavy atom. The molecule has 0 bridgehead atoms. The molecule has 0 amide bonds. The van der Waals surface area contributed by atoms with Gasteiger partial charge in [0.15, 0.2) is 0 Å². The van der Waals surface area contributed by atoms with Crippen molar-refractivity contribution in [3.8, 4) is 0 Å². The van der Waals surface area contributed by atoms with E-state index in [1.54, 1.807) is 0 Å². The molecule has 0 saturated carbocycles. The summed E-state index contributed by atoms with van der Waals surface area (Å²) in [5.74, 6) is -3.01. The van der Waals surface area contributed by atoms with Crippen LogP contribution in [-0.2, 0) is 16.0 Å². The number of carbonyl (C=O) groups is 1. The summed E-state index contributed by atoms with van der Waals surface area (Å²) in [4.78, 5) is 18.9. The van der Waals surface area contributed by atoms with E-state index in [9.17, 15) is 13.2 Å². The first-order chi connectivity index (χ1) is 17.6. The van der Waals surface area contributed by atoms with Gasteiger partial charge in [0.25, 0.3) is 9.40 Å². The number of nitrogens with zero attached hydrogens (tertiary/aromatic N) is 3. The number of carboxylic acids is 1. The van der Waals surface area contributed by atoms with Crippen LogP contribution in [0.5, 0.6) is 0 Å². The van der Waals surface area contributed by atoms with Crippen molar-refractivity contribution < 1.29 is 27.8 Å². The van der Waals surface area contributed by atoms with E-state index < -0.39 is 12.1 Å². The van der Waals surface area contributed by atoms with E-state index in [1.807, 2.05) is 11.3 Å². The van der Waals surface area contributed by atoms with Crippen molar-refractivity contribution in [2.75, 3.05) is 49.2 Å². The van der Waals surface area contributed by atoms with Crippen molar-refractivity contribution in [1.82, 2.24) is 4.98 Å². The number of aliphatic carboxylic acids is 1.